The zero-order chi connectivity index (χ0) is 26.1. The molecule has 3 aromatic heterocycles. The van der Waals surface area contributed by atoms with Crippen molar-refractivity contribution in [2.24, 2.45) is 7.05 Å². The van der Waals surface area contributed by atoms with Crippen molar-refractivity contribution in [3.8, 4) is 17.0 Å². The average Bonchev–Trinajstić information content (AvgIpc) is 3.25. The van der Waals surface area contributed by atoms with Crippen molar-refractivity contribution >= 4 is 21.9 Å². The van der Waals surface area contributed by atoms with Crippen LogP contribution in [0, 0.1) is 5.82 Å². The molecule has 0 unspecified atom stereocenters. The average molecular weight is 520 g/mol. The van der Waals surface area contributed by atoms with Gasteiger partial charge in [-0.05, 0) is 57.3 Å². The highest BCUT2D eigenvalue weighted by atomic mass is 19.1. The molecule has 0 radical (unpaired) electrons. The van der Waals surface area contributed by atoms with E-state index >= 15 is 4.39 Å². The molecule has 0 spiro atoms. The summed E-state index contributed by atoms with van der Waals surface area (Å²) in [7, 11) is 1.74. The first-order valence-corrected chi connectivity index (χ1v) is 13.7. The zero-order valence-electron chi connectivity index (χ0n) is 21.8. The molecule has 9 heteroatoms. The monoisotopic (exact) mass is 519 g/mol. The number of likely N-dealkylation sites (tertiary alicyclic amines) is 1. The number of hydrogen-bond acceptors (Lipinski definition) is 6. The number of nitrogens with one attached hydrogen (secondary N) is 1. The van der Waals surface area contributed by atoms with Gasteiger partial charge in [-0.25, -0.2) is 19.2 Å². The van der Waals surface area contributed by atoms with Crippen LogP contribution >= 0.6 is 0 Å². The van der Waals surface area contributed by atoms with Gasteiger partial charge >= 0.3 is 5.69 Å². The number of ether oxygens (including phenoxy) is 2. The van der Waals surface area contributed by atoms with E-state index in [4.69, 9.17) is 14.5 Å². The molecule has 38 heavy (non-hydrogen) atoms. The summed E-state index contributed by atoms with van der Waals surface area (Å²) < 4.78 is 28.5. The maximum Gasteiger partial charge on any atom is 0.326 e. The second-order valence-corrected chi connectivity index (χ2v) is 10.5. The molecule has 0 amide bonds. The van der Waals surface area contributed by atoms with Crippen molar-refractivity contribution in [2.75, 3.05) is 39.5 Å². The summed E-state index contributed by atoms with van der Waals surface area (Å²) in [6.45, 7) is 5.28. The molecule has 4 aromatic rings. The number of hydrogen-bond donors (Lipinski definition) is 1. The van der Waals surface area contributed by atoms with Crippen LogP contribution in [0.25, 0.3) is 33.1 Å². The number of fused-ring (bicyclic) bond motifs is 3. The van der Waals surface area contributed by atoms with Gasteiger partial charge in [0.1, 0.15) is 5.82 Å². The molecule has 200 valence electrons. The zero-order valence-corrected chi connectivity index (χ0v) is 21.8. The molecule has 0 saturated carbocycles. The van der Waals surface area contributed by atoms with E-state index in [9.17, 15) is 4.79 Å². The van der Waals surface area contributed by atoms with Crippen molar-refractivity contribution in [2.45, 2.75) is 44.4 Å². The Morgan fingerprint density at radius 2 is 2.05 bits per heavy atom. The molecule has 2 aliphatic rings. The highest BCUT2D eigenvalue weighted by Crippen LogP contribution is 2.35. The molecule has 0 aliphatic carbocycles. The number of pyridine rings is 2. The topological polar surface area (TPSA) is 85.3 Å². The lowest BCUT2D eigenvalue weighted by Gasteiger charge is -2.26. The van der Waals surface area contributed by atoms with Gasteiger partial charge in [-0.3, -0.25) is 4.57 Å². The first kappa shape index (κ1) is 25.0. The van der Waals surface area contributed by atoms with Gasteiger partial charge < -0.3 is 19.4 Å². The maximum atomic E-state index is 15.4. The minimum atomic E-state index is -0.384. The lowest BCUT2D eigenvalue weighted by Crippen LogP contribution is -2.31. The van der Waals surface area contributed by atoms with E-state index in [1.165, 1.54) is 38.4 Å². The standard InChI is InChI=1S/C29H34FN5O3/c1-34-28-26(20-7-5-13-37-18-20)32-24-16-23(30)21(15-22(24)27(28)33-29(34)36)19-8-9-25(31-17-19)38-14-6-12-35-10-3-2-4-11-35/h8-9,15-17,20H,2-7,10-14,18H2,1H3,(H,33,36)/t20-/m1/s1. The molecule has 8 nitrogen and oxygen atoms in total. The maximum absolute atomic E-state index is 15.4. The molecular formula is C29H34FN5O3. The van der Waals surface area contributed by atoms with Gasteiger partial charge in [0.05, 0.1) is 35.5 Å². The number of piperidine rings is 1. The number of halogens is 1. The summed E-state index contributed by atoms with van der Waals surface area (Å²) in [6, 6.07) is 6.81. The van der Waals surface area contributed by atoms with Crippen LogP contribution < -0.4 is 10.4 Å². The molecule has 6 rings (SSSR count). The Labute approximate surface area is 220 Å². The Hall–Kier alpha value is -3.30. The van der Waals surface area contributed by atoms with E-state index in [1.54, 1.807) is 29.9 Å². The van der Waals surface area contributed by atoms with Gasteiger partial charge in [0, 0.05) is 61.0 Å². The molecule has 0 bridgehead atoms. The van der Waals surface area contributed by atoms with Crippen molar-refractivity contribution in [3.63, 3.8) is 0 Å². The predicted molar refractivity (Wildman–Crippen MR) is 145 cm³/mol. The van der Waals surface area contributed by atoms with Gasteiger partial charge in [-0.15, -0.1) is 0 Å². The fourth-order valence-electron chi connectivity index (χ4n) is 5.79. The fraction of sp³-hybridized carbons (Fsp3) is 0.483. The second kappa shape index (κ2) is 10.8. The summed E-state index contributed by atoms with van der Waals surface area (Å²) in [5.41, 5.74) is 3.55. The van der Waals surface area contributed by atoms with E-state index < -0.39 is 0 Å². The predicted octanol–water partition coefficient (Wildman–Crippen LogP) is 4.76. The lowest BCUT2D eigenvalue weighted by molar-refractivity contribution is 0.0797. The van der Waals surface area contributed by atoms with Gasteiger partial charge in [0.2, 0.25) is 5.88 Å². The number of imidazole rings is 1. The fourth-order valence-corrected chi connectivity index (χ4v) is 5.79. The molecular weight excluding hydrogens is 485 g/mol. The van der Waals surface area contributed by atoms with Gasteiger partial charge in [-0.2, -0.15) is 0 Å². The summed E-state index contributed by atoms with van der Waals surface area (Å²) >= 11 is 0. The van der Waals surface area contributed by atoms with Crippen molar-refractivity contribution in [3.05, 3.63) is 52.5 Å². The van der Waals surface area contributed by atoms with Crippen LogP contribution in [0.1, 0.15) is 50.1 Å². The van der Waals surface area contributed by atoms with E-state index in [0.717, 1.165) is 43.6 Å². The van der Waals surface area contributed by atoms with E-state index in [0.29, 0.717) is 46.6 Å². The number of aromatic amines is 1. The van der Waals surface area contributed by atoms with E-state index in [1.807, 2.05) is 6.07 Å². The number of nitrogens with zero attached hydrogens (tertiary/aromatic N) is 4. The first-order valence-electron chi connectivity index (χ1n) is 13.7. The number of H-pyrrole nitrogens is 1. The largest absolute Gasteiger partial charge is 0.478 e. The molecule has 5 heterocycles. The summed E-state index contributed by atoms with van der Waals surface area (Å²) in [4.78, 5) is 27.4. The summed E-state index contributed by atoms with van der Waals surface area (Å²) in [5, 5.41) is 0.701. The minimum Gasteiger partial charge on any atom is -0.478 e. The lowest BCUT2D eigenvalue weighted by atomic mass is 9.95. The number of aryl methyl sites for hydroxylation is 1. The first-order chi connectivity index (χ1) is 18.6. The number of aromatic nitrogens is 4. The molecule has 2 aliphatic heterocycles. The van der Waals surface area contributed by atoms with Gasteiger partial charge in [0.25, 0.3) is 0 Å². The van der Waals surface area contributed by atoms with Crippen molar-refractivity contribution < 1.29 is 13.9 Å². The third-order valence-electron chi connectivity index (χ3n) is 7.86. The number of benzene rings is 1. The molecule has 2 fully saturated rings. The van der Waals surface area contributed by atoms with Crippen LogP contribution in [-0.2, 0) is 11.8 Å². The molecule has 1 aromatic carbocycles. The normalized spacial score (nSPS) is 18.8. The Morgan fingerprint density at radius 3 is 2.82 bits per heavy atom. The van der Waals surface area contributed by atoms with E-state index in [-0.39, 0.29) is 17.4 Å². The minimum absolute atomic E-state index is 0.0661. The summed E-state index contributed by atoms with van der Waals surface area (Å²) in [6.07, 6.45) is 8.35. The second-order valence-electron chi connectivity index (χ2n) is 10.5. The Bertz CT molecular complexity index is 1480. The Kier molecular flexibility index (Phi) is 7.12. The molecule has 1 N–H and O–H groups in total. The van der Waals surface area contributed by atoms with Crippen LogP contribution in [0.15, 0.2) is 35.3 Å². The Balaban J connectivity index is 1.26. The van der Waals surface area contributed by atoms with Crippen LogP contribution in [0.3, 0.4) is 0 Å². The SMILES string of the molecule is Cn1c(=O)[nH]c2c3cc(-c4ccc(OCCCN5CCCCC5)nc4)c(F)cc3nc([C@@H]3CCCOC3)c21. The highest BCUT2D eigenvalue weighted by Gasteiger charge is 2.25. The van der Waals surface area contributed by atoms with Crippen molar-refractivity contribution in [1.29, 1.82) is 0 Å². The molecule has 1 atom stereocenters. The number of rotatable bonds is 7. The third-order valence-corrected chi connectivity index (χ3v) is 7.86. The van der Waals surface area contributed by atoms with Crippen LogP contribution in [0.2, 0.25) is 0 Å². The molecule has 2 saturated heterocycles. The highest BCUT2D eigenvalue weighted by molar-refractivity contribution is 6.05. The van der Waals surface area contributed by atoms with Crippen LogP contribution in [-0.4, -0.2) is 63.9 Å². The smallest absolute Gasteiger partial charge is 0.326 e. The quantitative estimate of drug-likeness (QED) is 0.354. The van der Waals surface area contributed by atoms with Crippen molar-refractivity contribution in [1.82, 2.24) is 24.4 Å². The van der Waals surface area contributed by atoms with Gasteiger partial charge in [0.15, 0.2) is 0 Å². The van der Waals surface area contributed by atoms with Crippen LogP contribution in [0.4, 0.5) is 4.39 Å². The Morgan fingerprint density at radius 1 is 1.18 bits per heavy atom. The van der Waals surface area contributed by atoms with Crippen LogP contribution in [0.5, 0.6) is 5.88 Å². The van der Waals surface area contributed by atoms with E-state index in [2.05, 4.69) is 14.9 Å². The summed E-state index contributed by atoms with van der Waals surface area (Å²) in [5.74, 6) is 0.214. The third kappa shape index (κ3) is 4.92. The van der Waals surface area contributed by atoms with Gasteiger partial charge in [-0.1, -0.05) is 6.42 Å².